The molecule has 0 saturated heterocycles. The van der Waals surface area contributed by atoms with E-state index in [4.69, 9.17) is 0 Å². The Labute approximate surface area is 147 Å². The van der Waals surface area contributed by atoms with Crippen molar-refractivity contribution >= 4 is 45.5 Å². The lowest BCUT2D eigenvalue weighted by atomic mass is 10.2. The lowest BCUT2D eigenvalue weighted by Gasteiger charge is -2.00. The molecular weight excluding hydrogens is 346 g/mol. The number of anilines is 1. The lowest BCUT2D eigenvalue weighted by Crippen LogP contribution is -2.13. The SMILES string of the molecule is Cc1cccc(CSc2nnc(NC(=O)Cc3cccs3)s2)c1. The van der Waals surface area contributed by atoms with Crippen LogP contribution in [-0.4, -0.2) is 16.1 Å². The number of benzene rings is 1. The van der Waals surface area contributed by atoms with Gasteiger partial charge in [-0.2, -0.15) is 0 Å². The van der Waals surface area contributed by atoms with Gasteiger partial charge in [0.15, 0.2) is 4.34 Å². The average molecular weight is 362 g/mol. The van der Waals surface area contributed by atoms with Crippen LogP contribution in [0, 0.1) is 6.92 Å². The third-order valence-corrected chi connectivity index (χ3v) is 5.93. The molecule has 0 radical (unpaired) electrons. The summed E-state index contributed by atoms with van der Waals surface area (Å²) >= 11 is 4.62. The van der Waals surface area contributed by atoms with Gasteiger partial charge in [-0.1, -0.05) is 59.0 Å². The van der Waals surface area contributed by atoms with Crippen molar-refractivity contribution < 1.29 is 4.79 Å². The van der Waals surface area contributed by atoms with Gasteiger partial charge in [-0.05, 0) is 23.9 Å². The number of hydrogen-bond donors (Lipinski definition) is 1. The fourth-order valence-corrected chi connectivity index (χ4v) is 4.42. The summed E-state index contributed by atoms with van der Waals surface area (Å²) < 4.78 is 0.859. The molecule has 3 aromatic rings. The Morgan fingerprint density at radius 3 is 2.96 bits per heavy atom. The van der Waals surface area contributed by atoms with Gasteiger partial charge < -0.3 is 5.32 Å². The maximum atomic E-state index is 11.9. The molecule has 2 heterocycles. The zero-order valence-corrected chi connectivity index (χ0v) is 14.9. The highest BCUT2D eigenvalue weighted by Gasteiger charge is 2.10. The topological polar surface area (TPSA) is 54.9 Å². The van der Waals surface area contributed by atoms with Crippen molar-refractivity contribution in [1.82, 2.24) is 10.2 Å². The minimum absolute atomic E-state index is 0.0566. The van der Waals surface area contributed by atoms with Crippen molar-refractivity contribution in [3.8, 4) is 0 Å². The summed E-state index contributed by atoms with van der Waals surface area (Å²) in [7, 11) is 0. The molecule has 0 aliphatic heterocycles. The van der Waals surface area contributed by atoms with Gasteiger partial charge in [0.05, 0.1) is 6.42 Å². The first kappa shape index (κ1) is 16.2. The highest BCUT2D eigenvalue weighted by molar-refractivity contribution is 8.00. The molecule has 0 atom stereocenters. The van der Waals surface area contributed by atoms with E-state index in [9.17, 15) is 4.79 Å². The van der Waals surface area contributed by atoms with E-state index in [1.54, 1.807) is 23.1 Å². The number of nitrogens with one attached hydrogen (secondary N) is 1. The quantitative estimate of drug-likeness (QED) is 0.523. The molecule has 1 N–H and O–H groups in total. The monoisotopic (exact) mass is 361 g/mol. The predicted octanol–water partition coefficient (Wildman–Crippen LogP) is 4.38. The first-order valence-electron chi connectivity index (χ1n) is 7.03. The molecule has 23 heavy (non-hydrogen) atoms. The molecule has 0 aliphatic carbocycles. The Morgan fingerprint density at radius 1 is 1.26 bits per heavy atom. The number of carbonyl (C=O) groups excluding carboxylic acids is 1. The summed E-state index contributed by atoms with van der Waals surface area (Å²) in [4.78, 5) is 13.0. The number of nitrogens with zero attached hydrogens (tertiary/aromatic N) is 2. The minimum Gasteiger partial charge on any atom is -0.300 e. The number of rotatable bonds is 6. The Bertz CT molecular complexity index is 783. The van der Waals surface area contributed by atoms with Crippen LogP contribution in [0.5, 0.6) is 0 Å². The largest absolute Gasteiger partial charge is 0.300 e. The molecular formula is C16H15N3OS3. The molecule has 4 nitrogen and oxygen atoms in total. The van der Waals surface area contributed by atoms with Crippen LogP contribution in [0.4, 0.5) is 5.13 Å². The zero-order valence-electron chi connectivity index (χ0n) is 12.5. The fourth-order valence-electron chi connectivity index (χ4n) is 2.00. The van der Waals surface area contributed by atoms with Crippen molar-refractivity contribution in [2.45, 2.75) is 23.4 Å². The molecule has 1 amide bonds. The third kappa shape index (κ3) is 4.89. The smallest absolute Gasteiger partial charge is 0.231 e. The molecule has 3 rings (SSSR count). The number of aromatic nitrogens is 2. The molecule has 7 heteroatoms. The van der Waals surface area contributed by atoms with Gasteiger partial charge in [0.1, 0.15) is 0 Å². The molecule has 0 unspecified atom stereocenters. The maximum Gasteiger partial charge on any atom is 0.231 e. The molecule has 0 fully saturated rings. The van der Waals surface area contributed by atoms with Crippen molar-refractivity contribution in [1.29, 1.82) is 0 Å². The lowest BCUT2D eigenvalue weighted by molar-refractivity contribution is -0.115. The summed E-state index contributed by atoms with van der Waals surface area (Å²) in [6.45, 7) is 2.08. The number of aryl methyl sites for hydroxylation is 1. The first-order valence-corrected chi connectivity index (χ1v) is 9.71. The van der Waals surface area contributed by atoms with E-state index >= 15 is 0 Å². The summed E-state index contributed by atoms with van der Waals surface area (Å²) in [5.74, 6) is 0.790. The van der Waals surface area contributed by atoms with Crippen LogP contribution in [0.25, 0.3) is 0 Å². The highest BCUT2D eigenvalue weighted by atomic mass is 32.2. The first-order chi connectivity index (χ1) is 11.2. The summed E-state index contributed by atoms with van der Waals surface area (Å²) in [6.07, 6.45) is 0.378. The highest BCUT2D eigenvalue weighted by Crippen LogP contribution is 2.28. The Morgan fingerprint density at radius 2 is 2.17 bits per heavy atom. The van der Waals surface area contributed by atoms with Gasteiger partial charge in [-0.3, -0.25) is 4.79 Å². The number of amides is 1. The van der Waals surface area contributed by atoms with Crippen LogP contribution in [0.2, 0.25) is 0 Å². The molecule has 0 bridgehead atoms. The van der Waals surface area contributed by atoms with Crippen LogP contribution in [0.3, 0.4) is 0 Å². The van der Waals surface area contributed by atoms with E-state index in [1.165, 1.54) is 22.5 Å². The van der Waals surface area contributed by atoms with Gasteiger partial charge in [-0.15, -0.1) is 21.5 Å². The molecule has 0 saturated carbocycles. The van der Waals surface area contributed by atoms with Crippen molar-refractivity contribution in [2.75, 3.05) is 5.32 Å². The fraction of sp³-hybridized carbons (Fsp3) is 0.188. The van der Waals surface area contributed by atoms with E-state index in [2.05, 4.69) is 46.7 Å². The van der Waals surface area contributed by atoms with Gasteiger partial charge in [-0.25, -0.2) is 0 Å². The van der Waals surface area contributed by atoms with E-state index in [-0.39, 0.29) is 5.91 Å². The normalized spacial score (nSPS) is 10.7. The van der Waals surface area contributed by atoms with Crippen LogP contribution in [0.1, 0.15) is 16.0 Å². The number of hydrogen-bond acceptors (Lipinski definition) is 6. The van der Waals surface area contributed by atoms with Crippen molar-refractivity contribution in [2.24, 2.45) is 0 Å². The predicted molar refractivity (Wildman–Crippen MR) is 97.3 cm³/mol. The molecule has 0 aliphatic rings. The molecule has 2 aromatic heterocycles. The number of carbonyl (C=O) groups is 1. The Hall–Kier alpha value is -1.70. The van der Waals surface area contributed by atoms with E-state index in [0.29, 0.717) is 11.6 Å². The van der Waals surface area contributed by atoms with Crippen molar-refractivity contribution in [3.63, 3.8) is 0 Å². The van der Waals surface area contributed by atoms with Crippen LogP contribution in [-0.2, 0) is 17.0 Å². The Kier molecular flexibility index (Phi) is 5.43. The van der Waals surface area contributed by atoms with Gasteiger partial charge in [0.2, 0.25) is 11.0 Å². The van der Waals surface area contributed by atoms with Gasteiger partial charge >= 0.3 is 0 Å². The van der Waals surface area contributed by atoms with Crippen LogP contribution < -0.4 is 5.32 Å². The van der Waals surface area contributed by atoms with E-state index < -0.39 is 0 Å². The van der Waals surface area contributed by atoms with Gasteiger partial charge in [0, 0.05) is 10.6 Å². The second kappa shape index (κ2) is 7.72. The summed E-state index contributed by atoms with van der Waals surface area (Å²) in [5, 5.41) is 13.5. The Balaban J connectivity index is 1.52. The van der Waals surface area contributed by atoms with Crippen LogP contribution >= 0.6 is 34.4 Å². The standard InChI is InChI=1S/C16H15N3OS3/c1-11-4-2-5-12(8-11)10-22-16-19-18-15(23-16)17-14(20)9-13-6-3-7-21-13/h2-8H,9-10H2,1H3,(H,17,18,20). The van der Waals surface area contributed by atoms with Crippen LogP contribution in [0.15, 0.2) is 46.1 Å². The summed E-state index contributed by atoms with van der Waals surface area (Å²) in [5.41, 5.74) is 2.51. The summed E-state index contributed by atoms with van der Waals surface area (Å²) in [6, 6.07) is 12.3. The maximum absolute atomic E-state index is 11.9. The number of thiophene rings is 1. The van der Waals surface area contributed by atoms with Crippen molar-refractivity contribution in [3.05, 3.63) is 57.8 Å². The minimum atomic E-state index is -0.0566. The number of thioether (sulfide) groups is 1. The molecule has 1 aromatic carbocycles. The molecule has 118 valence electrons. The second-order valence-electron chi connectivity index (χ2n) is 4.96. The van der Waals surface area contributed by atoms with Gasteiger partial charge in [0.25, 0.3) is 0 Å². The molecule has 0 spiro atoms. The third-order valence-electron chi connectivity index (χ3n) is 3.01. The second-order valence-corrected chi connectivity index (χ2v) is 8.19. The average Bonchev–Trinajstić information content (AvgIpc) is 3.17. The van der Waals surface area contributed by atoms with E-state index in [0.717, 1.165) is 15.0 Å². The van der Waals surface area contributed by atoms with E-state index in [1.807, 2.05) is 17.5 Å². The zero-order chi connectivity index (χ0) is 16.1.